The normalized spacial score (nSPS) is 20.6. The van der Waals surface area contributed by atoms with Gasteiger partial charge in [-0.1, -0.05) is 26.0 Å². The summed E-state index contributed by atoms with van der Waals surface area (Å²) < 4.78 is 22.6. The van der Waals surface area contributed by atoms with Gasteiger partial charge in [-0.2, -0.15) is 0 Å². The highest BCUT2D eigenvalue weighted by molar-refractivity contribution is 5.52. The molecule has 6 heteroatoms. The molecule has 0 amide bonds. The van der Waals surface area contributed by atoms with Gasteiger partial charge in [0.15, 0.2) is 11.5 Å². The van der Waals surface area contributed by atoms with E-state index in [-0.39, 0.29) is 17.3 Å². The lowest BCUT2D eigenvalue weighted by Crippen LogP contribution is -2.42. The van der Waals surface area contributed by atoms with Crippen LogP contribution in [-0.4, -0.2) is 59.8 Å². The van der Waals surface area contributed by atoms with Crippen molar-refractivity contribution in [2.75, 3.05) is 48.6 Å². The van der Waals surface area contributed by atoms with Crippen LogP contribution in [0.5, 0.6) is 5.75 Å². The predicted molar refractivity (Wildman–Crippen MR) is 131 cm³/mol. The molecule has 2 rings (SSSR count). The Morgan fingerprint density at radius 2 is 1.82 bits per heavy atom. The predicted octanol–water partition coefficient (Wildman–Crippen LogP) is 4.85. The summed E-state index contributed by atoms with van der Waals surface area (Å²) in [6.45, 7) is 6.31. The quantitative estimate of drug-likeness (QED) is 0.371. The van der Waals surface area contributed by atoms with E-state index in [2.05, 4.69) is 37.9 Å². The van der Waals surface area contributed by atoms with Gasteiger partial charge in [-0.25, -0.2) is 0 Å². The van der Waals surface area contributed by atoms with Crippen molar-refractivity contribution in [3.8, 4) is 5.75 Å². The Balaban J connectivity index is 2.15. The summed E-state index contributed by atoms with van der Waals surface area (Å²) in [7, 11) is 8.79. The molecule has 6 nitrogen and oxygen atoms in total. The van der Waals surface area contributed by atoms with Crippen LogP contribution in [0.15, 0.2) is 47.6 Å². The Morgan fingerprint density at radius 1 is 1.06 bits per heavy atom. The summed E-state index contributed by atoms with van der Waals surface area (Å²) in [5.41, 5.74) is 0.932. The molecule has 0 radical (unpaired) electrons. The van der Waals surface area contributed by atoms with Crippen LogP contribution in [0.2, 0.25) is 0 Å². The van der Waals surface area contributed by atoms with Crippen molar-refractivity contribution in [2.24, 2.45) is 17.3 Å². The zero-order valence-electron chi connectivity index (χ0n) is 21.3. The lowest BCUT2D eigenvalue weighted by Gasteiger charge is -2.46. The highest BCUT2D eigenvalue weighted by Crippen LogP contribution is 2.53. The van der Waals surface area contributed by atoms with Gasteiger partial charge in [-0.3, -0.25) is 0 Å². The molecule has 0 aromatic heterocycles. The van der Waals surface area contributed by atoms with Crippen LogP contribution in [0, 0.1) is 17.3 Å². The Labute approximate surface area is 199 Å². The third kappa shape index (κ3) is 6.11. The molecule has 0 spiro atoms. The molecule has 0 aliphatic heterocycles. The summed E-state index contributed by atoms with van der Waals surface area (Å²) >= 11 is 0. The molecule has 2 atom stereocenters. The molecule has 1 aromatic rings. The molecular weight excluding hydrogens is 418 g/mol. The Kier molecular flexibility index (Phi) is 10.3. The first-order valence-electron chi connectivity index (χ1n) is 11.7. The number of hydrogen-bond donors (Lipinski definition) is 0. The van der Waals surface area contributed by atoms with E-state index in [1.807, 2.05) is 18.2 Å². The number of aldehydes is 1. The van der Waals surface area contributed by atoms with E-state index in [4.69, 9.17) is 18.9 Å². The number of methoxy groups -OCH3 is 4. The van der Waals surface area contributed by atoms with Gasteiger partial charge >= 0.3 is 0 Å². The first-order chi connectivity index (χ1) is 15.9. The van der Waals surface area contributed by atoms with Crippen LogP contribution in [0.4, 0.5) is 0 Å². The minimum Gasteiger partial charge on any atom is -0.497 e. The van der Waals surface area contributed by atoms with Crippen molar-refractivity contribution in [1.82, 2.24) is 4.90 Å². The summed E-state index contributed by atoms with van der Waals surface area (Å²) in [5, 5.41) is 0. The van der Waals surface area contributed by atoms with Gasteiger partial charge in [-0.05, 0) is 62.5 Å². The van der Waals surface area contributed by atoms with Gasteiger partial charge in [0.2, 0.25) is 0 Å². The van der Waals surface area contributed by atoms with Gasteiger partial charge in [0.1, 0.15) is 17.8 Å². The summed E-state index contributed by atoms with van der Waals surface area (Å²) in [6.07, 6.45) is 6.28. The van der Waals surface area contributed by atoms with Crippen LogP contribution in [0.25, 0.3) is 0 Å². The van der Waals surface area contributed by atoms with Crippen molar-refractivity contribution in [3.63, 3.8) is 0 Å². The third-order valence-corrected chi connectivity index (χ3v) is 6.92. The summed E-state index contributed by atoms with van der Waals surface area (Å²) in [6, 6.07) is 8.23. The van der Waals surface area contributed by atoms with Gasteiger partial charge in [-0.15, -0.1) is 0 Å². The molecule has 33 heavy (non-hydrogen) atoms. The molecule has 0 N–H and O–H groups in total. The minimum absolute atomic E-state index is 0.0131. The van der Waals surface area contributed by atoms with Crippen LogP contribution in [-0.2, 0) is 25.4 Å². The second-order valence-electron chi connectivity index (χ2n) is 9.01. The topological polar surface area (TPSA) is 57.2 Å². The molecule has 184 valence electrons. The van der Waals surface area contributed by atoms with E-state index in [1.54, 1.807) is 28.4 Å². The lowest BCUT2D eigenvalue weighted by atomic mass is 9.60. The van der Waals surface area contributed by atoms with Crippen LogP contribution < -0.4 is 4.74 Å². The van der Waals surface area contributed by atoms with Crippen molar-refractivity contribution < 1.29 is 23.7 Å². The highest BCUT2D eigenvalue weighted by atomic mass is 16.5. The maximum Gasteiger partial charge on any atom is 0.199 e. The minimum atomic E-state index is -0.337. The number of carbonyl (C=O) groups excluding carboxylic acids is 1. The lowest BCUT2D eigenvalue weighted by molar-refractivity contribution is -0.109. The first kappa shape index (κ1) is 26.8. The molecule has 1 aliphatic carbocycles. The smallest absolute Gasteiger partial charge is 0.199 e. The fourth-order valence-corrected chi connectivity index (χ4v) is 5.10. The van der Waals surface area contributed by atoms with Crippen molar-refractivity contribution in [3.05, 3.63) is 53.2 Å². The van der Waals surface area contributed by atoms with Crippen molar-refractivity contribution in [1.29, 1.82) is 0 Å². The second-order valence-corrected chi connectivity index (χ2v) is 9.01. The van der Waals surface area contributed by atoms with Crippen LogP contribution >= 0.6 is 0 Å². The molecule has 0 bridgehead atoms. The Bertz CT molecular complexity index is 832. The van der Waals surface area contributed by atoms with Crippen molar-refractivity contribution >= 4 is 6.29 Å². The Hall–Kier alpha value is -2.47. The number of carbonyl (C=O) groups is 1. The number of benzene rings is 1. The fourth-order valence-electron chi connectivity index (χ4n) is 5.10. The maximum atomic E-state index is 11.6. The SMILES string of the molecule is COC1=C[C@H](CC=O)C(CCCN(C)CCc2cccc(OC)c2)(C(C)C)C(OC)=C1OC. The number of likely N-dealkylation sites (N-methyl/N-ethyl adjacent to an activating group) is 1. The molecule has 1 unspecified atom stereocenters. The standard InChI is InChI=1S/C27H41NO5/c1-20(2)27(22(13-17-29)19-24(31-5)25(32-6)26(27)33-7)14-9-15-28(3)16-12-21-10-8-11-23(18-21)30-4/h8,10-11,17-20,22H,9,12-16H2,1-7H3/t22-,27?/m0/s1. The Morgan fingerprint density at radius 3 is 2.39 bits per heavy atom. The second kappa shape index (κ2) is 12.7. The van der Waals surface area contributed by atoms with Gasteiger partial charge < -0.3 is 28.6 Å². The number of hydrogen-bond acceptors (Lipinski definition) is 6. The average Bonchev–Trinajstić information content (AvgIpc) is 2.82. The number of ether oxygens (including phenoxy) is 4. The molecule has 0 saturated heterocycles. The van der Waals surface area contributed by atoms with Gasteiger partial charge in [0.25, 0.3) is 0 Å². The summed E-state index contributed by atoms with van der Waals surface area (Å²) in [4.78, 5) is 14.0. The monoisotopic (exact) mass is 459 g/mol. The number of rotatable bonds is 14. The molecule has 0 saturated carbocycles. The van der Waals surface area contributed by atoms with E-state index in [0.29, 0.717) is 17.9 Å². The average molecular weight is 460 g/mol. The highest BCUT2D eigenvalue weighted by Gasteiger charge is 2.49. The summed E-state index contributed by atoms with van der Waals surface area (Å²) in [5.74, 6) is 3.17. The molecule has 1 aliphatic rings. The number of nitrogens with zero attached hydrogens (tertiary/aromatic N) is 1. The molecule has 1 aromatic carbocycles. The van der Waals surface area contributed by atoms with E-state index in [0.717, 1.165) is 50.1 Å². The van der Waals surface area contributed by atoms with Crippen LogP contribution in [0.3, 0.4) is 0 Å². The zero-order chi connectivity index (χ0) is 24.4. The van der Waals surface area contributed by atoms with Gasteiger partial charge in [0, 0.05) is 24.3 Å². The molecule has 0 heterocycles. The van der Waals surface area contributed by atoms with Crippen LogP contribution in [0.1, 0.15) is 38.7 Å². The fraction of sp³-hybridized carbons (Fsp3) is 0.593. The van der Waals surface area contributed by atoms with E-state index >= 15 is 0 Å². The van der Waals surface area contributed by atoms with Crippen molar-refractivity contribution in [2.45, 2.75) is 39.5 Å². The van der Waals surface area contributed by atoms with E-state index in [1.165, 1.54) is 5.56 Å². The van der Waals surface area contributed by atoms with E-state index in [9.17, 15) is 4.79 Å². The van der Waals surface area contributed by atoms with Gasteiger partial charge in [0.05, 0.1) is 28.4 Å². The number of allylic oxidation sites excluding steroid dienone is 2. The largest absolute Gasteiger partial charge is 0.497 e. The maximum absolute atomic E-state index is 11.6. The third-order valence-electron chi connectivity index (χ3n) is 6.92. The first-order valence-corrected chi connectivity index (χ1v) is 11.7. The van der Waals surface area contributed by atoms with E-state index < -0.39 is 0 Å². The molecular formula is C27H41NO5. The molecule has 0 fully saturated rings. The zero-order valence-corrected chi connectivity index (χ0v) is 21.3.